The number of hydrogen-bond acceptors (Lipinski definition) is 2. The molecule has 0 atom stereocenters. The molecule has 0 heterocycles. The summed E-state index contributed by atoms with van der Waals surface area (Å²) in [6.07, 6.45) is 0. The average Bonchev–Trinajstić information content (AvgIpc) is 2.40. The molecule has 0 unspecified atom stereocenters. The Morgan fingerprint density at radius 2 is 1.21 bits per heavy atom. The number of rotatable bonds is 4. The third-order valence-electron chi connectivity index (χ3n) is 2.69. The van der Waals surface area contributed by atoms with E-state index in [4.69, 9.17) is 24.8 Å². The molecule has 0 fully saturated rings. The first kappa shape index (κ1) is 16.3. The molecule has 2 aromatic carbocycles. The number of benzene rings is 2. The molecule has 0 aliphatic heterocycles. The van der Waals surface area contributed by atoms with Gasteiger partial charge in [0.15, 0.2) is 0 Å². The molecule has 0 saturated heterocycles. The third kappa shape index (κ3) is 5.43. The van der Waals surface area contributed by atoms with Gasteiger partial charge in [0.25, 0.3) is 0 Å². The fraction of sp³-hybridized carbons (Fsp3) is 0.133. The smallest absolute Gasteiger partial charge is 0.411 e. The topological polar surface area (TPSA) is 3.24 Å². The predicted octanol–water partition coefficient (Wildman–Crippen LogP) is 3.52. The molecule has 2 rings (SSSR count). The summed E-state index contributed by atoms with van der Waals surface area (Å²) in [6.45, 7) is 1.52. The summed E-state index contributed by atoms with van der Waals surface area (Å²) in [6, 6.07) is 20.5. The molecule has 0 bridgehead atoms. The second-order valence-electron chi connectivity index (χ2n) is 4.09. The summed E-state index contributed by atoms with van der Waals surface area (Å²) in [5.41, 5.74) is 2.45. The van der Waals surface area contributed by atoms with Gasteiger partial charge in [-0.15, -0.1) is 0 Å². The normalized spacial score (nSPS) is 9.47. The maximum atomic E-state index is 5.16. The number of nitrogens with zero attached hydrogens (tertiary/aromatic N) is 1. The zero-order chi connectivity index (χ0) is 12.8. The Bertz CT molecular complexity index is 461. The zero-order valence-corrected chi connectivity index (χ0v) is 14.1. The van der Waals surface area contributed by atoms with Crippen molar-refractivity contribution in [2.75, 3.05) is 0 Å². The number of hydrogen-bond donors (Lipinski definition) is 0. The van der Waals surface area contributed by atoms with Gasteiger partial charge in [-0.3, -0.25) is 0 Å². The second-order valence-corrected chi connectivity index (χ2v) is 5.12. The van der Waals surface area contributed by atoms with Gasteiger partial charge in [0.1, 0.15) is 0 Å². The van der Waals surface area contributed by atoms with Gasteiger partial charge in [0.05, 0.1) is 0 Å². The molecule has 0 N–H and O–H groups in total. The molecule has 19 heavy (non-hydrogen) atoms. The molecule has 1 nitrogen and oxygen atoms in total. The minimum absolute atomic E-state index is 0. The summed E-state index contributed by atoms with van der Waals surface area (Å²) in [5.74, 6) is 0. The molecule has 0 aliphatic carbocycles. The SMILES string of the molecule is S=C([S-])N(Cc1ccccc1)Cc1ccccc1.[Au+]. The van der Waals surface area contributed by atoms with Gasteiger partial charge in [0.2, 0.25) is 0 Å². The van der Waals surface area contributed by atoms with Gasteiger partial charge in [-0.2, -0.15) is 0 Å². The minimum Gasteiger partial charge on any atom is -0.411 e. The van der Waals surface area contributed by atoms with Crippen LogP contribution < -0.4 is 0 Å². The molecule has 2 aromatic rings. The van der Waals surface area contributed by atoms with Crippen molar-refractivity contribution in [3.05, 3.63) is 71.8 Å². The fourth-order valence-corrected chi connectivity index (χ4v) is 2.05. The standard InChI is InChI=1S/C15H15NS2.Au/c17-15(18)16(11-13-7-3-1-4-8-13)12-14-9-5-2-6-10-14;/h1-10H,11-12H2,(H,17,18);/q;+1/p-1. The van der Waals surface area contributed by atoms with Gasteiger partial charge in [-0.25, -0.2) is 0 Å². The van der Waals surface area contributed by atoms with Gasteiger partial charge in [0, 0.05) is 13.1 Å². The molecular formula is C15H14AuNS2. The van der Waals surface area contributed by atoms with Crippen molar-refractivity contribution in [1.29, 1.82) is 0 Å². The predicted molar refractivity (Wildman–Crippen MR) is 82.1 cm³/mol. The van der Waals surface area contributed by atoms with Crippen molar-refractivity contribution >= 4 is 29.2 Å². The monoisotopic (exact) mass is 469 g/mol. The van der Waals surface area contributed by atoms with Crippen LogP contribution >= 0.6 is 12.2 Å². The summed E-state index contributed by atoms with van der Waals surface area (Å²) < 4.78 is 0.516. The zero-order valence-electron chi connectivity index (χ0n) is 10.3. The molecular weight excluding hydrogens is 455 g/mol. The van der Waals surface area contributed by atoms with E-state index in [0.717, 1.165) is 13.1 Å². The van der Waals surface area contributed by atoms with Crippen LogP contribution in [0.25, 0.3) is 0 Å². The number of thiocarbonyl (C=S) groups is 1. The summed E-state index contributed by atoms with van der Waals surface area (Å²) in [7, 11) is 0. The molecule has 0 saturated carbocycles. The van der Waals surface area contributed by atoms with Crippen LogP contribution in [0, 0.1) is 0 Å². The van der Waals surface area contributed by atoms with Crippen molar-refractivity contribution in [2.24, 2.45) is 0 Å². The maximum Gasteiger partial charge on any atom is 1.00 e. The van der Waals surface area contributed by atoms with Gasteiger partial charge in [-0.05, 0) is 11.1 Å². The van der Waals surface area contributed by atoms with E-state index in [1.807, 2.05) is 41.3 Å². The van der Waals surface area contributed by atoms with Crippen LogP contribution in [-0.2, 0) is 48.1 Å². The summed E-state index contributed by atoms with van der Waals surface area (Å²) in [5, 5.41) is 0. The van der Waals surface area contributed by atoms with E-state index in [9.17, 15) is 0 Å². The van der Waals surface area contributed by atoms with Gasteiger partial charge in [-0.1, -0.05) is 65.0 Å². The van der Waals surface area contributed by atoms with E-state index in [0.29, 0.717) is 4.32 Å². The molecule has 0 aliphatic rings. The average molecular weight is 469 g/mol. The Hall–Kier alpha value is -0.710. The van der Waals surface area contributed by atoms with Crippen LogP contribution in [-0.4, -0.2) is 9.22 Å². The molecule has 0 radical (unpaired) electrons. The van der Waals surface area contributed by atoms with Gasteiger partial charge < -0.3 is 29.7 Å². The van der Waals surface area contributed by atoms with Crippen LogP contribution in [0.15, 0.2) is 60.7 Å². The van der Waals surface area contributed by atoms with E-state index in [-0.39, 0.29) is 22.4 Å². The maximum absolute atomic E-state index is 5.16. The third-order valence-corrected chi connectivity index (χ3v) is 3.21. The molecule has 0 aromatic heterocycles. The molecule has 4 heteroatoms. The fourth-order valence-electron chi connectivity index (χ4n) is 1.79. The first-order chi connectivity index (χ1) is 8.75. The van der Waals surface area contributed by atoms with Crippen LogP contribution in [0.1, 0.15) is 11.1 Å². The van der Waals surface area contributed by atoms with E-state index < -0.39 is 0 Å². The molecule has 0 amide bonds. The van der Waals surface area contributed by atoms with Crippen molar-refractivity contribution < 1.29 is 22.4 Å². The largest absolute Gasteiger partial charge is 1.00 e. The Morgan fingerprint density at radius 3 is 1.53 bits per heavy atom. The van der Waals surface area contributed by atoms with E-state index >= 15 is 0 Å². The van der Waals surface area contributed by atoms with Crippen LogP contribution in [0.4, 0.5) is 0 Å². The van der Waals surface area contributed by atoms with E-state index in [1.165, 1.54) is 11.1 Å². The van der Waals surface area contributed by atoms with Crippen LogP contribution in [0.5, 0.6) is 0 Å². The summed E-state index contributed by atoms with van der Waals surface area (Å²) >= 11 is 10.3. The van der Waals surface area contributed by atoms with Crippen molar-refractivity contribution in [3.8, 4) is 0 Å². The first-order valence-corrected chi connectivity index (χ1v) is 6.61. The first-order valence-electron chi connectivity index (χ1n) is 5.79. The van der Waals surface area contributed by atoms with E-state index in [2.05, 4.69) is 24.3 Å². The van der Waals surface area contributed by atoms with Gasteiger partial charge >= 0.3 is 22.4 Å². The molecule has 102 valence electrons. The van der Waals surface area contributed by atoms with Crippen LogP contribution in [0.2, 0.25) is 0 Å². The quantitative estimate of drug-likeness (QED) is 0.384. The van der Waals surface area contributed by atoms with Crippen molar-refractivity contribution in [2.45, 2.75) is 13.1 Å². The Balaban J connectivity index is 0.00000180. The minimum atomic E-state index is 0. The van der Waals surface area contributed by atoms with Crippen molar-refractivity contribution in [1.82, 2.24) is 4.90 Å². The Labute approximate surface area is 140 Å². The summed E-state index contributed by atoms with van der Waals surface area (Å²) in [4.78, 5) is 2.04. The Morgan fingerprint density at radius 1 is 0.842 bits per heavy atom. The van der Waals surface area contributed by atoms with E-state index in [1.54, 1.807) is 0 Å². The second kappa shape index (κ2) is 8.46. The Kier molecular flexibility index (Phi) is 7.28. The van der Waals surface area contributed by atoms with Crippen LogP contribution in [0.3, 0.4) is 0 Å². The van der Waals surface area contributed by atoms with Crippen molar-refractivity contribution in [3.63, 3.8) is 0 Å². The molecule has 0 spiro atoms.